The molecular formula is C9H6BrFN2O2. The molecule has 78 valence electrons. The first-order valence-electron chi connectivity index (χ1n) is 4.05. The maximum absolute atomic E-state index is 13.4. The molecule has 0 aliphatic rings. The van der Waals surface area contributed by atoms with Crippen LogP contribution in [0.4, 0.5) is 4.39 Å². The molecule has 1 aromatic carbocycles. The Balaban J connectivity index is 2.78. The van der Waals surface area contributed by atoms with Crippen LogP contribution < -0.4 is 0 Å². The molecule has 0 spiro atoms. The molecule has 0 unspecified atom stereocenters. The molecule has 0 saturated heterocycles. The molecule has 1 heterocycles. The minimum atomic E-state index is -0.739. The third-order valence-corrected chi connectivity index (χ3v) is 2.34. The molecule has 4 nitrogen and oxygen atoms in total. The summed E-state index contributed by atoms with van der Waals surface area (Å²) in [5.41, 5.74) is 0.675. The van der Waals surface area contributed by atoms with E-state index in [1.807, 2.05) is 0 Å². The summed E-state index contributed by atoms with van der Waals surface area (Å²) in [5, 5.41) is 0. The average Bonchev–Trinajstić information content (AvgIpc) is 2.57. The minimum Gasteiger partial charge on any atom is -0.465 e. The number of carbonyl (C=O) groups excluding carboxylic acids is 1. The molecule has 2 aromatic rings. The van der Waals surface area contributed by atoms with Crippen LogP contribution in [0.2, 0.25) is 0 Å². The molecule has 0 fully saturated rings. The van der Waals surface area contributed by atoms with Crippen LogP contribution in [-0.4, -0.2) is 23.0 Å². The first-order valence-corrected chi connectivity index (χ1v) is 4.85. The van der Waals surface area contributed by atoms with E-state index >= 15 is 0 Å². The van der Waals surface area contributed by atoms with E-state index in [0.717, 1.165) is 0 Å². The van der Waals surface area contributed by atoms with Crippen LogP contribution in [0.3, 0.4) is 0 Å². The summed E-state index contributed by atoms with van der Waals surface area (Å²) in [6.07, 6.45) is 0. The van der Waals surface area contributed by atoms with E-state index in [2.05, 4.69) is 30.6 Å². The van der Waals surface area contributed by atoms with Gasteiger partial charge in [0.2, 0.25) is 0 Å². The van der Waals surface area contributed by atoms with E-state index in [-0.39, 0.29) is 11.1 Å². The standard InChI is InChI=1S/C9H6BrFN2O2/c1-15-8(14)6-4(11)2-3-5-7(6)13-9(10)12-5/h2-3H,1H3,(H,12,13). The van der Waals surface area contributed by atoms with Crippen molar-refractivity contribution >= 4 is 32.9 Å². The van der Waals surface area contributed by atoms with Crippen molar-refractivity contribution in [2.24, 2.45) is 0 Å². The van der Waals surface area contributed by atoms with Crippen molar-refractivity contribution in [3.63, 3.8) is 0 Å². The van der Waals surface area contributed by atoms with Crippen LogP contribution in [-0.2, 0) is 4.74 Å². The van der Waals surface area contributed by atoms with E-state index in [1.54, 1.807) is 0 Å². The third kappa shape index (κ3) is 1.61. The molecule has 1 aromatic heterocycles. The van der Waals surface area contributed by atoms with Gasteiger partial charge in [0.05, 0.1) is 12.6 Å². The molecule has 1 N–H and O–H groups in total. The fraction of sp³-hybridized carbons (Fsp3) is 0.111. The van der Waals surface area contributed by atoms with Crippen molar-refractivity contribution in [1.29, 1.82) is 0 Å². The maximum atomic E-state index is 13.4. The quantitative estimate of drug-likeness (QED) is 0.811. The summed E-state index contributed by atoms with van der Waals surface area (Å²) in [6.45, 7) is 0. The predicted octanol–water partition coefficient (Wildman–Crippen LogP) is 2.25. The van der Waals surface area contributed by atoms with Gasteiger partial charge in [-0.2, -0.15) is 0 Å². The highest BCUT2D eigenvalue weighted by molar-refractivity contribution is 9.10. The number of methoxy groups -OCH3 is 1. The summed E-state index contributed by atoms with van der Waals surface area (Å²) < 4.78 is 18.3. The van der Waals surface area contributed by atoms with Gasteiger partial charge in [-0.3, -0.25) is 0 Å². The van der Waals surface area contributed by atoms with Crippen LogP contribution in [0.15, 0.2) is 16.9 Å². The van der Waals surface area contributed by atoms with Crippen molar-refractivity contribution in [1.82, 2.24) is 9.97 Å². The highest BCUT2D eigenvalue weighted by Gasteiger charge is 2.18. The summed E-state index contributed by atoms with van der Waals surface area (Å²) >= 11 is 3.11. The first kappa shape index (κ1) is 10.1. The van der Waals surface area contributed by atoms with E-state index < -0.39 is 11.8 Å². The van der Waals surface area contributed by atoms with Crippen LogP contribution in [0.5, 0.6) is 0 Å². The Hall–Kier alpha value is -1.43. The lowest BCUT2D eigenvalue weighted by Gasteiger charge is -2.00. The molecule has 0 bridgehead atoms. The predicted molar refractivity (Wildman–Crippen MR) is 55.1 cm³/mol. The van der Waals surface area contributed by atoms with Crippen molar-refractivity contribution in [3.8, 4) is 0 Å². The SMILES string of the molecule is COC(=O)c1c(F)ccc2[nH]c(Br)nc12. The zero-order valence-corrected chi connectivity index (χ0v) is 9.26. The van der Waals surface area contributed by atoms with Gasteiger partial charge in [-0.05, 0) is 28.1 Å². The molecule has 0 radical (unpaired) electrons. The van der Waals surface area contributed by atoms with Gasteiger partial charge >= 0.3 is 5.97 Å². The Morgan fingerprint density at radius 1 is 1.60 bits per heavy atom. The lowest BCUT2D eigenvalue weighted by Crippen LogP contribution is -2.05. The van der Waals surface area contributed by atoms with Gasteiger partial charge in [0, 0.05) is 0 Å². The number of imidazole rings is 1. The van der Waals surface area contributed by atoms with Gasteiger partial charge in [-0.25, -0.2) is 14.2 Å². The molecule has 6 heteroatoms. The Morgan fingerprint density at radius 2 is 2.33 bits per heavy atom. The molecule has 15 heavy (non-hydrogen) atoms. The van der Waals surface area contributed by atoms with Crippen LogP contribution in [0.25, 0.3) is 11.0 Å². The maximum Gasteiger partial charge on any atom is 0.343 e. The normalized spacial score (nSPS) is 10.6. The molecule has 0 atom stereocenters. The smallest absolute Gasteiger partial charge is 0.343 e. The van der Waals surface area contributed by atoms with Crippen molar-refractivity contribution in [2.75, 3.05) is 7.11 Å². The minimum absolute atomic E-state index is 0.156. The van der Waals surface area contributed by atoms with Crippen molar-refractivity contribution in [3.05, 3.63) is 28.2 Å². The van der Waals surface area contributed by atoms with Gasteiger partial charge in [-0.1, -0.05) is 0 Å². The third-order valence-electron chi connectivity index (χ3n) is 1.96. The van der Waals surface area contributed by atoms with Gasteiger partial charge < -0.3 is 9.72 Å². The number of nitrogens with one attached hydrogen (secondary N) is 1. The summed E-state index contributed by atoms with van der Waals surface area (Å²) in [7, 11) is 1.20. The number of hydrogen-bond donors (Lipinski definition) is 1. The van der Waals surface area contributed by atoms with Crippen LogP contribution in [0, 0.1) is 5.82 Å². The van der Waals surface area contributed by atoms with Crippen molar-refractivity contribution in [2.45, 2.75) is 0 Å². The zero-order chi connectivity index (χ0) is 11.0. The van der Waals surface area contributed by atoms with Gasteiger partial charge in [0.25, 0.3) is 0 Å². The van der Waals surface area contributed by atoms with E-state index in [4.69, 9.17) is 0 Å². The van der Waals surface area contributed by atoms with Crippen LogP contribution >= 0.6 is 15.9 Å². The van der Waals surface area contributed by atoms with Crippen LogP contribution in [0.1, 0.15) is 10.4 Å². The second-order valence-corrected chi connectivity index (χ2v) is 3.59. The second kappa shape index (κ2) is 3.62. The Bertz CT molecular complexity index is 538. The Labute approximate surface area is 92.6 Å². The molecule has 2 rings (SSSR count). The molecular weight excluding hydrogens is 267 g/mol. The number of aromatic nitrogens is 2. The number of hydrogen-bond acceptors (Lipinski definition) is 3. The Morgan fingerprint density at radius 3 is 3.00 bits per heavy atom. The molecule has 0 aliphatic heterocycles. The van der Waals surface area contributed by atoms with Crippen molar-refractivity contribution < 1.29 is 13.9 Å². The average molecular weight is 273 g/mol. The molecule has 0 amide bonds. The number of ether oxygens (including phenoxy) is 1. The summed E-state index contributed by atoms with van der Waals surface area (Å²) in [6, 6.07) is 2.70. The monoisotopic (exact) mass is 272 g/mol. The number of carbonyl (C=O) groups is 1. The van der Waals surface area contributed by atoms with Gasteiger partial charge in [-0.15, -0.1) is 0 Å². The summed E-state index contributed by atoms with van der Waals surface area (Å²) in [4.78, 5) is 18.1. The fourth-order valence-corrected chi connectivity index (χ4v) is 1.71. The van der Waals surface area contributed by atoms with E-state index in [0.29, 0.717) is 10.3 Å². The number of rotatable bonds is 1. The lowest BCUT2D eigenvalue weighted by molar-refractivity contribution is 0.0597. The second-order valence-electron chi connectivity index (χ2n) is 2.84. The molecule has 0 saturated carbocycles. The largest absolute Gasteiger partial charge is 0.465 e. The van der Waals surface area contributed by atoms with E-state index in [9.17, 15) is 9.18 Å². The molecule has 0 aliphatic carbocycles. The number of fused-ring (bicyclic) bond motifs is 1. The number of halogens is 2. The van der Waals surface area contributed by atoms with Gasteiger partial charge in [0.1, 0.15) is 16.9 Å². The number of aromatic amines is 1. The number of H-pyrrole nitrogens is 1. The topological polar surface area (TPSA) is 55.0 Å². The van der Waals surface area contributed by atoms with E-state index in [1.165, 1.54) is 19.2 Å². The van der Waals surface area contributed by atoms with Gasteiger partial charge in [0.15, 0.2) is 4.73 Å². The first-order chi connectivity index (χ1) is 7.13. The number of esters is 1. The lowest BCUT2D eigenvalue weighted by atomic mass is 10.2. The highest BCUT2D eigenvalue weighted by Crippen LogP contribution is 2.22. The summed E-state index contributed by atoms with van der Waals surface area (Å²) in [5.74, 6) is -1.38. The highest BCUT2D eigenvalue weighted by atomic mass is 79.9. The zero-order valence-electron chi connectivity index (χ0n) is 7.67. The fourth-order valence-electron chi connectivity index (χ4n) is 1.32. The number of nitrogens with zero attached hydrogens (tertiary/aromatic N) is 1. The number of benzene rings is 1. The Kier molecular flexibility index (Phi) is 2.44.